The maximum Gasteiger partial charge on any atom is 0.277 e. The summed E-state index contributed by atoms with van der Waals surface area (Å²) in [6, 6.07) is 9.83. The van der Waals surface area contributed by atoms with Crippen LogP contribution in [0.15, 0.2) is 47.7 Å². The molecule has 5 heteroatoms. The predicted molar refractivity (Wildman–Crippen MR) is 62.9 cm³/mol. The average molecular weight is 226 g/mol. The molecule has 84 valence electrons. The summed E-state index contributed by atoms with van der Waals surface area (Å²) in [5.74, 6) is 0.395. The van der Waals surface area contributed by atoms with Crippen LogP contribution in [0.2, 0.25) is 0 Å². The van der Waals surface area contributed by atoms with Gasteiger partial charge in [0, 0.05) is 18.2 Å². The molecule has 3 aromatic rings. The number of nitrogens with one attached hydrogen (secondary N) is 1. The van der Waals surface area contributed by atoms with Crippen LogP contribution in [0.1, 0.15) is 11.1 Å². The molecule has 1 aromatic carbocycles. The van der Waals surface area contributed by atoms with Gasteiger partial charge >= 0.3 is 0 Å². The van der Waals surface area contributed by atoms with Crippen molar-refractivity contribution >= 4 is 5.78 Å². The molecule has 5 nitrogen and oxygen atoms in total. The van der Waals surface area contributed by atoms with Gasteiger partial charge in [-0.2, -0.15) is 4.52 Å². The first-order chi connectivity index (χ1) is 8.34. The number of benzene rings is 1. The molecule has 0 radical (unpaired) electrons. The van der Waals surface area contributed by atoms with E-state index in [-0.39, 0.29) is 5.56 Å². The second-order valence-electron chi connectivity index (χ2n) is 3.77. The van der Waals surface area contributed by atoms with Gasteiger partial charge < -0.3 is 0 Å². The second kappa shape index (κ2) is 3.86. The fourth-order valence-electron chi connectivity index (χ4n) is 1.77. The summed E-state index contributed by atoms with van der Waals surface area (Å²) < 4.78 is 1.35. The van der Waals surface area contributed by atoms with Crippen molar-refractivity contribution in [1.29, 1.82) is 0 Å². The van der Waals surface area contributed by atoms with E-state index in [1.807, 2.05) is 30.3 Å². The van der Waals surface area contributed by atoms with Gasteiger partial charge in [0.1, 0.15) is 6.33 Å². The Morgan fingerprint density at radius 1 is 1.18 bits per heavy atom. The zero-order valence-electron chi connectivity index (χ0n) is 9.00. The van der Waals surface area contributed by atoms with Gasteiger partial charge in [0.15, 0.2) is 0 Å². The van der Waals surface area contributed by atoms with E-state index in [1.165, 1.54) is 10.8 Å². The summed E-state index contributed by atoms with van der Waals surface area (Å²) in [5.41, 5.74) is 1.64. The summed E-state index contributed by atoms with van der Waals surface area (Å²) in [5, 5.41) is 2.74. The average Bonchev–Trinajstić information content (AvgIpc) is 2.83. The number of hydrogen-bond donors (Lipinski definition) is 1. The molecule has 0 spiro atoms. The van der Waals surface area contributed by atoms with Crippen LogP contribution in [0, 0.1) is 0 Å². The molecule has 17 heavy (non-hydrogen) atoms. The number of aromatic amines is 1. The molecule has 0 unspecified atom stereocenters. The standard InChI is InChI=1S/C12H10N4O/c17-11-10(6-9-4-2-1-3-5-9)7-13-12-14-8-15-16(11)12/h1-5,7-8H,6H2,(H,13,14,15). The van der Waals surface area contributed by atoms with Gasteiger partial charge in [-0.3, -0.25) is 9.89 Å². The number of rotatable bonds is 2. The molecule has 0 amide bonds. The third-order valence-electron chi connectivity index (χ3n) is 2.62. The number of aromatic nitrogens is 4. The van der Waals surface area contributed by atoms with Gasteiger partial charge in [-0.1, -0.05) is 30.3 Å². The van der Waals surface area contributed by atoms with E-state index in [0.717, 1.165) is 5.56 Å². The van der Waals surface area contributed by atoms with Crippen molar-refractivity contribution < 1.29 is 0 Å². The van der Waals surface area contributed by atoms with Gasteiger partial charge in [-0.15, -0.1) is 0 Å². The first kappa shape index (κ1) is 9.77. The Bertz CT molecular complexity index is 699. The Kier molecular flexibility index (Phi) is 2.22. The van der Waals surface area contributed by atoms with Crippen LogP contribution < -0.4 is 5.56 Å². The second-order valence-corrected chi connectivity index (χ2v) is 3.77. The first-order valence-corrected chi connectivity index (χ1v) is 5.28. The van der Waals surface area contributed by atoms with Gasteiger partial charge in [0.25, 0.3) is 11.3 Å². The Morgan fingerprint density at radius 2 is 2.00 bits per heavy atom. The van der Waals surface area contributed by atoms with E-state index in [0.29, 0.717) is 17.8 Å². The fourth-order valence-corrected chi connectivity index (χ4v) is 1.77. The highest BCUT2D eigenvalue weighted by Gasteiger charge is 2.06. The minimum atomic E-state index is -0.101. The highest BCUT2D eigenvalue weighted by atomic mass is 16.1. The molecule has 1 N–H and O–H groups in total. The van der Waals surface area contributed by atoms with Crippen LogP contribution >= 0.6 is 0 Å². The Hall–Kier alpha value is -2.43. The largest absolute Gasteiger partial charge is 0.278 e. The maximum absolute atomic E-state index is 12.0. The lowest BCUT2D eigenvalue weighted by Gasteiger charge is -2.00. The van der Waals surface area contributed by atoms with Gasteiger partial charge in [0.05, 0.1) is 0 Å². The van der Waals surface area contributed by atoms with Crippen molar-refractivity contribution in [2.75, 3.05) is 0 Å². The van der Waals surface area contributed by atoms with E-state index in [4.69, 9.17) is 0 Å². The summed E-state index contributed by atoms with van der Waals surface area (Å²) in [6.07, 6.45) is 3.62. The van der Waals surface area contributed by atoms with Crippen LogP contribution in [0.4, 0.5) is 0 Å². The minimum Gasteiger partial charge on any atom is -0.278 e. The molecule has 0 atom stereocenters. The molecule has 0 aliphatic carbocycles. The van der Waals surface area contributed by atoms with E-state index in [2.05, 4.69) is 15.1 Å². The lowest BCUT2D eigenvalue weighted by Crippen LogP contribution is -2.19. The molecule has 0 saturated carbocycles. The Labute approximate surface area is 96.8 Å². The lowest BCUT2D eigenvalue weighted by molar-refractivity contribution is 0.872. The van der Waals surface area contributed by atoms with Gasteiger partial charge in [-0.05, 0) is 5.56 Å². The Morgan fingerprint density at radius 3 is 2.82 bits per heavy atom. The summed E-state index contributed by atoms with van der Waals surface area (Å²) in [6.45, 7) is 0. The number of fused-ring (bicyclic) bond motifs is 1. The molecule has 3 rings (SSSR count). The van der Waals surface area contributed by atoms with E-state index >= 15 is 0 Å². The first-order valence-electron chi connectivity index (χ1n) is 5.28. The molecule has 2 heterocycles. The third-order valence-corrected chi connectivity index (χ3v) is 2.62. The lowest BCUT2D eigenvalue weighted by atomic mass is 10.1. The maximum atomic E-state index is 12.0. The molecular formula is C12H10N4O. The SMILES string of the molecule is O=c1c(Cc2ccccc2)cnc2nc[nH]n12. The van der Waals surface area contributed by atoms with Crippen LogP contribution in [-0.2, 0) is 6.42 Å². The van der Waals surface area contributed by atoms with Crippen molar-refractivity contribution in [3.8, 4) is 0 Å². The predicted octanol–water partition coefficient (Wildman–Crippen LogP) is 1.01. The third kappa shape index (κ3) is 1.71. The number of hydrogen-bond acceptors (Lipinski definition) is 3. The van der Waals surface area contributed by atoms with Crippen molar-refractivity contribution in [1.82, 2.24) is 19.6 Å². The number of H-pyrrole nitrogens is 1. The van der Waals surface area contributed by atoms with Crippen LogP contribution in [0.3, 0.4) is 0 Å². The van der Waals surface area contributed by atoms with E-state index < -0.39 is 0 Å². The summed E-state index contributed by atoms with van der Waals surface area (Å²) >= 11 is 0. The smallest absolute Gasteiger partial charge is 0.277 e. The van der Waals surface area contributed by atoms with Crippen LogP contribution in [-0.4, -0.2) is 19.6 Å². The normalized spacial score (nSPS) is 10.8. The van der Waals surface area contributed by atoms with E-state index in [9.17, 15) is 4.79 Å². The molecule has 0 aliphatic rings. The summed E-state index contributed by atoms with van der Waals surface area (Å²) in [7, 11) is 0. The molecule has 0 bridgehead atoms. The van der Waals surface area contributed by atoms with Crippen LogP contribution in [0.5, 0.6) is 0 Å². The van der Waals surface area contributed by atoms with Crippen molar-refractivity contribution in [2.24, 2.45) is 0 Å². The van der Waals surface area contributed by atoms with Gasteiger partial charge in [0.2, 0.25) is 0 Å². The number of nitrogens with zero attached hydrogens (tertiary/aromatic N) is 3. The van der Waals surface area contributed by atoms with Crippen molar-refractivity contribution in [2.45, 2.75) is 6.42 Å². The van der Waals surface area contributed by atoms with Gasteiger partial charge in [-0.25, -0.2) is 9.97 Å². The molecular weight excluding hydrogens is 216 g/mol. The monoisotopic (exact) mass is 226 g/mol. The zero-order valence-corrected chi connectivity index (χ0v) is 9.00. The van der Waals surface area contributed by atoms with E-state index in [1.54, 1.807) is 6.20 Å². The zero-order chi connectivity index (χ0) is 11.7. The molecule has 2 aromatic heterocycles. The Balaban J connectivity index is 2.07. The topological polar surface area (TPSA) is 63.0 Å². The fraction of sp³-hybridized carbons (Fsp3) is 0.0833. The minimum absolute atomic E-state index is 0.101. The molecule has 0 aliphatic heterocycles. The quantitative estimate of drug-likeness (QED) is 0.709. The highest BCUT2D eigenvalue weighted by molar-refractivity contribution is 5.29. The molecule has 0 fully saturated rings. The summed E-state index contributed by atoms with van der Waals surface area (Å²) in [4.78, 5) is 20.1. The highest BCUT2D eigenvalue weighted by Crippen LogP contribution is 2.04. The van der Waals surface area contributed by atoms with Crippen LogP contribution in [0.25, 0.3) is 5.78 Å². The van der Waals surface area contributed by atoms with Crippen molar-refractivity contribution in [3.05, 3.63) is 64.3 Å². The molecule has 0 saturated heterocycles. The van der Waals surface area contributed by atoms with Crippen molar-refractivity contribution in [3.63, 3.8) is 0 Å².